The molecule has 0 saturated carbocycles. The normalized spacial score (nSPS) is 17.9. The molecule has 0 aromatic heterocycles. The number of likely N-dealkylation sites (N-methyl/N-ethyl adjacent to an activating group) is 1. The molecule has 1 unspecified atom stereocenters. The third kappa shape index (κ3) is 4.43. The molecule has 2 aromatic carbocycles. The zero-order chi connectivity index (χ0) is 21.3. The van der Waals surface area contributed by atoms with Crippen molar-refractivity contribution in [2.75, 3.05) is 18.9 Å². The molecule has 2 amide bonds. The van der Waals surface area contributed by atoms with Gasteiger partial charge in [0.25, 0.3) is 0 Å². The van der Waals surface area contributed by atoms with Crippen LogP contribution < -0.4 is 16.2 Å². The van der Waals surface area contributed by atoms with E-state index >= 15 is 0 Å². The van der Waals surface area contributed by atoms with Crippen LogP contribution in [0.4, 0.5) is 10.5 Å². The van der Waals surface area contributed by atoms with Gasteiger partial charge in [0, 0.05) is 18.8 Å². The number of anilines is 1. The Hall–Kier alpha value is -2.22. The summed E-state index contributed by atoms with van der Waals surface area (Å²) in [6, 6.07) is 7.77. The molecule has 1 aliphatic heterocycles. The van der Waals surface area contributed by atoms with Crippen LogP contribution in [-0.4, -0.2) is 28.7 Å². The lowest BCUT2D eigenvalue weighted by Gasteiger charge is -2.25. The lowest BCUT2D eigenvalue weighted by Crippen LogP contribution is -2.26. The molecule has 5 N–H and O–H groups in total. The number of benzene rings is 2. The van der Waals surface area contributed by atoms with Crippen molar-refractivity contribution >= 4 is 22.7 Å². The number of urea groups is 1. The molecule has 30 heavy (non-hydrogen) atoms. The van der Waals surface area contributed by atoms with Crippen LogP contribution in [0.3, 0.4) is 0 Å². The third-order valence-electron chi connectivity index (χ3n) is 6.33. The monoisotopic (exact) mass is 426 g/mol. The van der Waals surface area contributed by atoms with Gasteiger partial charge in [-0.15, -0.1) is 0 Å². The minimum atomic E-state index is -1.36. The van der Waals surface area contributed by atoms with Crippen LogP contribution in [0, 0.1) is 0 Å². The van der Waals surface area contributed by atoms with Crippen molar-refractivity contribution in [1.82, 2.24) is 4.90 Å². The van der Waals surface area contributed by atoms with Crippen LogP contribution in [0.25, 0.3) is 0 Å². The second-order valence-corrected chi connectivity index (χ2v) is 9.51. The van der Waals surface area contributed by atoms with Crippen LogP contribution in [0.5, 0.6) is 0 Å². The highest BCUT2D eigenvalue weighted by molar-refractivity contribution is 7.82. The Bertz CT molecular complexity index is 973. The number of rotatable bonds is 2. The number of carbonyl (C=O) groups is 1. The van der Waals surface area contributed by atoms with E-state index in [0.717, 1.165) is 55.8 Å². The molecule has 0 fully saturated rings. The van der Waals surface area contributed by atoms with Crippen molar-refractivity contribution in [2.45, 2.75) is 56.4 Å². The fourth-order valence-electron chi connectivity index (χ4n) is 4.89. The minimum Gasteiger partial charge on any atom is -0.351 e. The predicted octanol–water partition coefficient (Wildman–Crippen LogP) is 2.81. The smallest absolute Gasteiger partial charge is 0.316 e. The summed E-state index contributed by atoms with van der Waals surface area (Å²) in [5, 5.41) is 8.18. The van der Waals surface area contributed by atoms with E-state index in [0.29, 0.717) is 0 Å². The van der Waals surface area contributed by atoms with Gasteiger partial charge >= 0.3 is 6.03 Å². The molecular formula is C23H30N4O2S. The Labute approximate surface area is 180 Å². The fourth-order valence-corrected chi connectivity index (χ4v) is 5.35. The van der Waals surface area contributed by atoms with Gasteiger partial charge < -0.3 is 16.0 Å². The Kier molecular flexibility index (Phi) is 6.22. The Balaban J connectivity index is 0.000000147. The van der Waals surface area contributed by atoms with Crippen molar-refractivity contribution in [3.63, 3.8) is 0 Å². The van der Waals surface area contributed by atoms with E-state index in [9.17, 15) is 9.00 Å². The van der Waals surface area contributed by atoms with Gasteiger partial charge in [-0.3, -0.25) is 0 Å². The first-order valence-electron chi connectivity index (χ1n) is 10.6. The van der Waals surface area contributed by atoms with Crippen molar-refractivity contribution in [3.8, 4) is 0 Å². The maximum absolute atomic E-state index is 11.1. The number of nitrogens with two attached hydrogens (primary N) is 2. The quantitative estimate of drug-likeness (QED) is 0.688. The number of primary amides is 1. The van der Waals surface area contributed by atoms with Gasteiger partial charge in [0.05, 0.1) is 4.90 Å². The number of hydrogen-bond acceptors (Lipinski definition) is 3. The number of nitrogens with zero attached hydrogens (tertiary/aromatic N) is 1. The van der Waals surface area contributed by atoms with Gasteiger partial charge in [0.1, 0.15) is 11.0 Å². The number of fused-ring (bicyclic) bond motifs is 3. The first kappa shape index (κ1) is 21.0. The molecule has 160 valence electrons. The first-order chi connectivity index (χ1) is 14.4. The van der Waals surface area contributed by atoms with Gasteiger partial charge in [-0.2, -0.15) is 0 Å². The maximum Gasteiger partial charge on any atom is 0.316 e. The fraction of sp³-hybridized carbons (Fsp3) is 0.435. The SMILES string of the molecule is CN1CCc2ccc(S(N)=O)cc2C1.NC(=O)Nc1c2c(cc3c1CCC3)CCC2. The highest BCUT2D eigenvalue weighted by Gasteiger charge is 2.24. The molecule has 0 saturated heterocycles. The van der Waals surface area contributed by atoms with Crippen LogP contribution in [-0.2, 0) is 49.6 Å². The number of carbonyl (C=O) groups excluding carboxylic acids is 1. The molecule has 3 aliphatic rings. The molecule has 0 spiro atoms. The van der Waals surface area contributed by atoms with E-state index in [4.69, 9.17) is 10.9 Å². The maximum atomic E-state index is 11.1. The van der Waals surface area contributed by atoms with Gasteiger partial charge in [-0.05, 0) is 97.5 Å². The van der Waals surface area contributed by atoms with E-state index in [1.807, 2.05) is 18.2 Å². The molecule has 5 rings (SSSR count). The second kappa shape index (κ2) is 8.88. The van der Waals surface area contributed by atoms with E-state index in [-0.39, 0.29) is 0 Å². The summed E-state index contributed by atoms with van der Waals surface area (Å²) in [5.41, 5.74) is 14.4. The van der Waals surface area contributed by atoms with Crippen LogP contribution >= 0.6 is 0 Å². The lowest BCUT2D eigenvalue weighted by atomic mass is 9.99. The molecule has 2 aliphatic carbocycles. The molecule has 2 aromatic rings. The van der Waals surface area contributed by atoms with Crippen LogP contribution in [0.1, 0.15) is 46.2 Å². The molecule has 0 radical (unpaired) electrons. The number of nitrogens with one attached hydrogen (secondary N) is 1. The zero-order valence-corrected chi connectivity index (χ0v) is 18.3. The van der Waals surface area contributed by atoms with Crippen molar-refractivity contribution in [3.05, 3.63) is 57.6 Å². The number of amides is 2. The van der Waals surface area contributed by atoms with Crippen molar-refractivity contribution in [2.24, 2.45) is 10.9 Å². The van der Waals surface area contributed by atoms with Crippen LogP contribution in [0.15, 0.2) is 29.2 Å². The minimum absolute atomic E-state index is 0.436. The summed E-state index contributed by atoms with van der Waals surface area (Å²) in [4.78, 5) is 14.1. The number of hydrogen-bond donors (Lipinski definition) is 3. The average Bonchev–Trinajstić information content (AvgIpc) is 3.36. The summed E-state index contributed by atoms with van der Waals surface area (Å²) in [7, 11) is 0.736. The van der Waals surface area contributed by atoms with Gasteiger partial charge in [0.15, 0.2) is 0 Å². The molecule has 7 heteroatoms. The molecule has 1 atom stereocenters. The largest absolute Gasteiger partial charge is 0.351 e. The van der Waals surface area contributed by atoms with Crippen molar-refractivity contribution < 1.29 is 9.00 Å². The molecule has 6 nitrogen and oxygen atoms in total. The molecule has 0 bridgehead atoms. The highest BCUT2D eigenvalue weighted by Crippen LogP contribution is 2.38. The average molecular weight is 427 g/mol. The summed E-state index contributed by atoms with van der Waals surface area (Å²) >= 11 is 0. The van der Waals surface area contributed by atoms with Gasteiger partial charge in [0.2, 0.25) is 0 Å². The Morgan fingerprint density at radius 1 is 0.967 bits per heavy atom. The van der Waals surface area contributed by atoms with E-state index in [1.165, 1.54) is 46.2 Å². The van der Waals surface area contributed by atoms with E-state index in [1.54, 1.807) is 0 Å². The topological polar surface area (TPSA) is 101 Å². The summed E-state index contributed by atoms with van der Waals surface area (Å²) < 4.78 is 11.1. The van der Waals surface area contributed by atoms with E-state index < -0.39 is 17.0 Å². The van der Waals surface area contributed by atoms with Crippen molar-refractivity contribution in [1.29, 1.82) is 0 Å². The first-order valence-corrected chi connectivity index (χ1v) is 11.8. The molecule has 1 heterocycles. The Morgan fingerprint density at radius 3 is 2.23 bits per heavy atom. The Morgan fingerprint density at radius 2 is 1.63 bits per heavy atom. The van der Waals surface area contributed by atoms with Gasteiger partial charge in [-0.25, -0.2) is 14.1 Å². The lowest BCUT2D eigenvalue weighted by molar-refractivity contribution is 0.259. The summed E-state index contributed by atoms with van der Waals surface area (Å²) in [5.74, 6) is 0. The molecular weight excluding hydrogens is 396 g/mol. The number of aryl methyl sites for hydroxylation is 2. The highest BCUT2D eigenvalue weighted by atomic mass is 32.2. The third-order valence-corrected chi connectivity index (χ3v) is 7.05. The van der Waals surface area contributed by atoms with Gasteiger partial charge in [-0.1, -0.05) is 12.1 Å². The summed E-state index contributed by atoms with van der Waals surface area (Å²) in [6.45, 7) is 2.03. The summed E-state index contributed by atoms with van der Waals surface area (Å²) in [6.07, 6.45) is 7.93. The van der Waals surface area contributed by atoms with Crippen LogP contribution in [0.2, 0.25) is 0 Å². The standard InChI is InChI=1S/C13H16N2O.C10H14N2OS/c14-13(16)15-12-10-5-1-3-8(10)7-9-4-2-6-11(9)12;1-12-5-4-8-2-3-10(14(11)13)6-9(8)7-12/h7H,1-6H2,(H3,14,15,16);2-3,6H,4-5,7,11H2,1H3. The second-order valence-electron chi connectivity index (χ2n) is 8.44. The zero-order valence-electron chi connectivity index (χ0n) is 17.5. The predicted molar refractivity (Wildman–Crippen MR) is 121 cm³/mol. The van der Waals surface area contributed by atoms with E-state index in [2.05, 4.69) is 23.3 Å².